The van der Waals surface area contributed by atoms with Gasteiger partial charge in [-0.05, 0) is 29.7 Å². The molecule has 2 aromatic carbocycles. The number of sulfonamides is 1. The molecule has 0 amide bonds. The van der Waals surface area contributed by atoms with Crippen molar-refractivity contribution in [2.45, 2.75) is 43.1 Å². The van der Waals surface area contributed by atoms with Gasteiger partial charge in [0.1, 0.15) is 5.60 Å². The molecule has 0 N–H and O–H groups in total. The van der Waals surface area contributed by atoms with Crippen LogP contribution in [0.15, 0.2) is 53.4 Å². The number of rotatable bonds is 3. The molecule has 0 radical (unpaired) electrons. The molecule has 1 fully saturated rings. The Hall–Kier alpha value is -2.18. The molecular weight excluding hydrogens is 362 g/mol. The summed E-state index contributed by atoms with van der Waals surface area (Å²) in [7, 11) is -3.55. The number of benzene rings is 2. The van der Waals surface area contributed by atoms with Crippen molar-refractivity contribution in [3.8, 4) is 0 Å². The fourth-order valence-electron chi connectivity index (χ4n) is 3.98. The number of nitrogens with zero attached hydrogens (tertiary/aromatic N) is 1. The molecule has 0 saturated carbocycles. The summed E-state index contributed by atoms with van der Waals surface area (Å²) in [5.74, 6) is 0.0416. The van der Waals surface area contributed by atoms with Crippen LogP contribution in [0.3, 0.4) is 0 Å². The minimum atomic E-state index is -3.55. The highest BCUT2D eigenvalue weighted by molar-refractivity contribution is 7.89. The molecule has 6 heteroatoms. The number of piperidine rings is 1. The molecule has 0 aliphatic carbocycles. The molecule has 2 heterocycles. The average molecular weight is 385 g/mol. The highest BCUT2D eigenvalue weighted by Gasteiger charge is 2.48. The molecule has 1 saturated heterocycles. The van der Waals surface area contributed by atoms with Gasteiger partial charge in [0.05, 0.1) is 10.5 Å². The van der Waals surface area contributed by atoms with Crippen molar-refractivity contribution in [2.75, 3.05) is 13.1 Å². The third-order valence-corrected chi connectivity index (χ3v) is 7.55. The summed E-state index contributed by atoms with van der Waals surface area (Å²) in [6.45, 7) is 4.81. The summed E-state index contributed by atoms with van der Waals surface area (Å²) in [5.41, 5.74) is 1.90. The van der Waals surface area contributed by atoms with Crippen molar-refractivity contribution in [3.05, 3.63) is 65.2 Å². The van der Waals surface area contributed by atoms with Crippen LogP contribution in [-0.4, -0.2) is 31.8 Å². The van der Waals surface area contributed by atoms with Crippen molar-refractivity contribution >= 4 is 16.0 Å². The molecule has 2 aromatic rings. The van der Waals surface area contributed by atoms with Gasteiger partial charge >= 0.3 is 5.97 Å². The Labute approximate surface area is 160 Å². The van der Waals surface area contributed by atoms with Gasteiger partial charge in [0.25, 0.3) is 0 Å². The summed E-state index contributed by atoms with van der Waals surface area (Å²) >= 11 is 0. The molecule has 5 nitrogen and oxygen atoms in total. The van der Waals surface area contributed by atoms with Crippen molar-refractivity contribution in [3.63, 3.8) is 0 Å². The number of fused-ring (bicyclic) bond motifs is 2. The largest absolute Gasteiger partial charge is 0.450 e. The van der Waals surface area contributed by atoms with Gasteiger partial charge in [-0.3, -0.25) is 0 Å². The van der Waals surface area contributed by atoms with E-state index in [1.165, 1.54) is 4.31 Å². The zero-order valence-electron chi connectivity index (χ0n) is 15.5. The molecule has 142 valence electrons. The lowest BCUT2D eigenvalue weighted by atomic mass is 9.84. The first-order valence-electron chi connectivity index (χ1n) is 9.26. The van der Waals surface area contributed by atoms with Gasteiger partial charge in [-0.25, -0.2) is 13.2 Å². The quantitative estimate of drug-likeness (QED) is 0.757. The topological polar surface area (TPSA) is 63.7 Å². The monoisotopic (exact) mass is 385 g/mol. The fraction of sp³-hybridized carbons (Fsp3) is 0.381. The second-order valence-electron chi connectivity index (χ2n) is 7.56. The van der Waals surface area contributed by atoms with Crippen LogP contribution in [0.5, 0.6) is 0 Å². The number of hydrogen-bond donors (Lipinski definition) is 0. The maximum absolute atomic E-state index is 13.0. The van der Waals surface area contributed by atoms with Crippen LogP contribution < -0.4 is 0 Å². The van der Waals surface area contributed by atoms with Crippen molar-refractivity contribution in [2.24, 2.45) is 0 Å². The lowest BCUT2D eigenvalue weighted by Crippen LogP contribution is -2.45. The van der Waals surface area contributed by atoms with Gasteiger partial charge in [-0.1, -0.05) is 44.2 Å². The molecule has 0 aromatic heterocycles. The van der Waals surface area contributed by atoms with Crippen LogP contribution in [0.25, 0.3) is 0 Å². The van der Waals surface area contributed by atoms with Gasteiger partial charge in [-0.15, -0.1) is 0 Å². The Morgan fingerprint density at radius 2 is 1.63 bits per heavy atom. The van der Waals surface area contributed by atoms with Crippen LogP contribution in [0.1, 0.15) is 54.1 Å². The molecule has 0 bridgehead atoms. The minimum absolute atomic E-state index is 0.312. The second-order valence-corrected chi connectivity index (χ2v) is 9.50. The van der Waals surface area contributed by atoms with Gasteiger partial charge in [0.2, 0.25) is 10.0 Å². The van der Waals surface area contributed by atoms with E-state index in [-0.39, 0.29) is 5.97 Å². The molecule has 2 aliphatic rings. The van der Waals surface area contributed by atoms with Crippen LogP contribution in [0.2, 0.25) is 0 Å². The van der Waals surface area contributed by atoms with Gasteiger partial charge in [-0.2, -0.15) is 4.31 Å². The van der Waals surface area contributed by atoms with E-state index in [1.807, 2.05) is 30.3 Å². The predicted molar refractivity (Wildman–Crippen MR) is 102 cm³/mol. The summed E-state index contributed by atoms with van der Waals surface area (Å²) in [4.78, 5) is 12.5. The van der Waals surface area contributed by atoms with E-state index in [2.05, 4.69) is 13.8 Å². The standard InChI is InChI=1S/C21H23NO4S/c1-15(2)16-7-9-17(10-8-16)27(24,25)22-13-11-21(12-14-22)19-6-4-3-5-18(19)20(23)26-21/h3-10,15H,11-14H2,1-2H3. The first-order chi connectivity index (χ1) is 12.8. The smallest absolute Gasteiger partial charge is 0.339 e. The Morgan fingerprint density at radius 1 is 1.00 bits per heavy atom. The van der Waals surface area contributed by atoms with E-state index in [4.69, 9.17) is 4.74 Å². The summed E-state index contributed by atoms with van der Waals surface area (Å²) in [6.07, 6.45) is 0.943. The van der Waals surface area contributed by atoms with Crippen molar-refractivity contribution in [1.29, 1.82) is 0 Å². The Balaban J connectivity index is 1.55. The maximum Gasteiger partial charge on any atom is 0.339 e. The number of hydrogen-bond acceptors (Lipinski definition) is 4. The molecule has 27 heavy (non-hydrogen) atoms. The average Bonchev–Trinajstić information content (AvgIpc) is 2.94. The Morgan fingerprint density at radius 3 is 2.26 bits per heavy atom. The normalized spacial score (nSPS) is 19.3. The van der Waals surface area contributed by atoms with Gasteiger partial charge in [0, 0.05) is 31.5 Å². The highest BCUT2D eigenvalue weighted by Crippen LogP contribution is 2.44. The second kappa shape index (κ2) is 6.46. The van der Waals surface area contributed by atoms with E-state index in [0.717, 1.165) is 11.1 Å². The zero-order valence-corrected chi connectivity index (χ0v) is 16.3. The van der Waals surface area contributed by atoms with E-state index in [9.17, 15) is 13.2 Å². The lowest BCUT2D eigenvalue weighted by molar-refractivity contribution is -0.0329. The molecule has 1 spiro atoms. The van der Waals surface area contributed by atoms with Gasteiger partial charge in [0.15, 0.2) is 0 Å². The summed E-state index contributed by atoms with van der Waals surface area (Å²) in [6, 6.07) is 14.5. The molecule has 4 rings (SSSR count). The van der Waals surface area contributed by atoms with Gasteiger partial charge < -0.3 is 4.74 Å². The van der Waals surface area contributed by atoms with Crippen molar-refractivity contribution in [1.82, 2.24) is 4.31 Å². The summed E-state index contributed by atoms with van der Waals surface area (Å²) < 4.78 is 33.2. The SMILES string of the molecule is CC(C)c1ccc(S(=O)(=O)N2CCC3(CC2)OC(=O)c2ccccc23)cc1. The number of esters is 1. The maximum atomic E-state index is 13.0. The van der Waals surface area contributed by atoms with E-state index in [0.29, 0.717) is 42.3 Å². The van der Waals surface area contributed by atoms with Crippen LogP contribution in [-0.2, 0) is 20.4 Å². The number of carbonyl (C=O) groups excluding carboxylic acids is 1. The minimum Gasteiger partial charge on any atom is -0.450 e. The third-order valence-electron chi connectivity index (χ3n) is 5.64. The highest BCUT2D eigenvalue weighted by atomic mass is 32.2. The number of carbonyl (C=O) groups is 1. The first-order valence-corrected chi connectivity index (χ1v) is 10.7. The summed E-state index contributed by atoms with van der Waals surface area (Å²) in [5, 5.41) is 0. The van der Waals surface area contributed by atoms with E-state index >= 15 is 0 Å². The molecule has 2 aliphatic heterocycles. The lowest BCUT2D eigenvalue weighted by Gasteiger charge is -2.37. The molecule has 0 atom stereocenters. The van der Waals surface area contributed by atoms with Crippen LogP contribution in [0.4, 0.5) is 0 Å². The Kier molecular flexibility index (Phi) is 4.35. The number of ether oxygens (including phenoxy) is 1. The van der Waals surface area contributed by atoms with E-state index < -0.39 is 15.6 Å². The Bertz CT molecular complexity index is 971. The third kappa shape index (κ3) is 2.97. The van der Waals surface area contributed by atoms with Crippen LogP contribution in [0, 0.1) is 0 Å². The predicted octanol–water partition coefficient (Wildman–Crippen LogP) is 3.66. The molecule has 0 unspecified atom stereocenters. The molecular formula is C21H23NO4S. The first kappa shape index (κ1) is 18.2. The zero-order chi connectivity index (χ0) is 19.2. The fourth-order valence-corrected chi connectivity index (χ4v) is 5.42. The van der Waals surface area contributed by atoms with Crippen LogP contribution >= 0.6 is 0 Å². The van der Waals surface area contributed by atoms with E-state index in [1.54, 1.807) is 18.2 Å². The van der Waals surface area contributed by atoms with Crippen molar-refractivity contribution < 1.29 is 17.9 Å².